The molecule has 1 aromatic rings. The summed E-state index contributed by atoms with van der Waals surface area (Å²) in [4.78, 5) is 11.2. The van der Waals surface area contributed by atoms with Crippen molar-refractivity contribution >= 4 is 11.9 Å². The van der Waals surface area contributed by atoms with Crippen LogP contribution in [0.2, 0.25) is 0 Å². The molecule has 86 valence electrons. The smallest absolute Gasteiger partial charge is 0.163 e. The van der Waals surface area contributed by atoms with Crippen LogP contribution < -0.4 is 5.32 Å². The van der Waals surface area contributed by atoms with E-state index < -0.39 is 0 Å². The molecule has 0 unspecified atom stereocenters. The summed E-state index contributed by atoms with van der Waals surface area (Å²) < 4.78 is 0. The van der Waals surface area contributed by atoms with Crippen molar-refractivity contribution in [2.75, 3.05) is 13.6 Å². The number of aryl methyl sites for hydroxylation is 1. The molecule has 2 N–H and O–H groups in total. The highest BCUT2D eigenvalue weighted by molar-refractivity contribution is 5.97. The van der Waals surface area contributed by atoms with Crippen LogP contribution in [0.5, 0.6) is 5.75 Å². The number of hydrogen-bond acceptors (Lipinski definition) is 3. The summed E-state index contributed by atoms with van der Waals surface area (Å²) in [6.45, 7) is 4.14. The van der Waals surface area contributed by atoms with E-state index in [1.807, 2.05) is 26.1 Å². The van der Waals surface area contributed by atoms with Gasteiger partial charge in [0.05, 0.1) is 5.56 Å². The fraction of sp³-hybridized carbons (Fsp3) is 0.308. The minimum Gasteiger partial charge on any atom is -0.507 e. The fourth-order valence-electron chi connectivity index (χ4n) is 1.48. The van der Waals surface area contributed by atoms with Crippen molar-refractivity contribution in [1.29, 1.82) is 0 Å². The first-order chi connectivity index (χ1) is 7.56. The van der Waals surface area contributed by atoms with E-state index in [2.05, 4.69) is 5.32 Å². The zero-order chi connectivity index (χ0) is 12.1. The molecule has 0 aliphatic rings. The summed E-state index contributed by atoms with van der Waals surface area (Å²) in [6, 6.07) is 3.34. The van der Waals surface area contributed by atoms with Crippen molar-refractivity contribution in [1.82, 2.24) is 5.32 Å². The molecule has 0 bridgehead atoms. The number of aromatic hydroxyl groups is 1. The number of likely N-dealkylation sites (N-methyl/N-ethyl adjacent to an activating group) is 1. The van der Waals surface area contributed by atoms with Crippen LogP contribution in [0, 0.1) is 6.92 Å². The molecule has 0 aliphatic carbocycles. The number of carbonyl (C=O) groups excluding carboxylic acids is 1. The van der Waals surface area contributed by atoms with Gasteiger partial charge >= 0.3 is 0 Å². The Morgan fingerprint density at radius 1 is 1.50 bits per heavy atom. The monoisotopic (exact) mass is 219 g/mol. The molecule has 3 heteroatoms. The third kappa shape index (κ3) is 2.94. The first-order valence-electron chi connectivity index (χ1n) is 5.22. The second kappa shape index (κ2) is 5.47. The molecule has 0 saturated carbocycles. The molecular formula is C13H17NO2. The average molecular weight is 219 g/mol. The van der Waals surface area contributed by atoms with E-state index in [-0.39, 0.29) is 11.5 Å². The van der Waals surface area contributed by atoms with Crippen molar-refractivity contribution in [2.45, 2.75) is 13.8 Å². The molecule has 0 amide bonds. The van der Waals surface area contributed by atoms with Gasteiger partial charge in [-0.1, -0.05) is 12.2 Å². The summed E-state index contributed by atoms with van der Waals surface area (Å²) in [5, 5.41) is 12.7. The standard InChI is InChI=1S/C13H17NO2/c1-9-7-12(10(2)15)13(16)8-11(9)5-4-6-14-3/h4-5,7-8,14,16H,6H2,1-3H3. The van der Waals surface area contributed by atoms with E-state index in [4.69, 9.17) is 0 Å². The van der Waals surface area contributed by atoms with Crippen LogP contribution in [0.25, 0.3) is 6.08 Å². The van der Waals surface area contributed by atoms with E-state index in [0.717, 1.165) is 17.7 Å². The van der Waals surface area contributed by atoms with Crippen LogP contribution in [0.4, 0.5) is 0 Å². The molecule has 1 rings (SSSR count). The largest absolute Gasteiger partial charge is 0.507 e. The molecule has 0 aliphatic heterocycles. The molecule has 0 heterocycles. The number of hydrogen-bond donors (Lipinski definition) is 2. The van der Waals surface area contributed by atoms with Gasteiger partial charge in [-0.25, -0.2) is 0 Å². The normalized spacial score (nSPS) is 10.9. The Balaban J connectivity index is 3.05. The number of phenols is 1. The van der Waals surface area contributed by atoms with Crippen molar-refractivity contribution in [3.8, 4) is 5.75 Å². The number of rotatable bonds is 4. The van der Waals surface area contributed by atoms with Crippen molar-refractivity contribution < 1.29 is 9.90 Å². The SMILES string of the molecule is CNCC=Cc1cc(O)c(C(C)=O)cc1C. The average Bonchev–Trinajstić information content (AvgIpc) is 2.22. The van der Waals surface area contributed by atoms with Gasteiger partial charge in [0.25, 0.3) is 0 Å². The number of ketones is 1. The van der Waals surface area contributed by atoms with Gasteiger partial charge in [0, 0.05) is 6.54 Å². The third-order valence-electron chi connectivity index (χ3n) is 2.38. The van der Waals surface area contributed by atoms with Crippen molar-refractivity contribution in [2.24, 2.45) is 0 Å². The minimum atomic E-state index is -0.119. The number of carbonyl (C=O) groups is 1. The molecule has 0 aromatic heterocycles. The Kier molecular flexibility index (Phi) is 4.26. The molecule has 0 saturated heterocycles. The lowest BCUT2D eigenvalue weighted by molar-refractivity contribution is 0.101. The second-order valence-corrected chi connectivity index (χ2v) is 3.74. The predicted molar refractivity (Wildman–Crippen MR) is 65.8 cm³/mol. The van der Waals surface area contributed by atoms with Gasteiger partial charge in [0.15, 0.2) is 5.78 Å². The Labute approximate surface area is 95.8 Å². The first-order valence-corrected chi connectivity index (χ1v) is 5.22. The second-order valence-electron chi connectivity index (χ2n) is 3.74. The Morgan fingerprint density at radius 3 is 2.75 bits per heavy atom. The van der Waals surface area contributed by atoms with Gasteiger partial charge < -0.3 is 10.4 Å². The molecular weight excluding hydrogens is 202 g/mol. The van der Waals surface area contributed by atoms with Crippen LogP contribution in [-0.4, -0.2) is 24.5 Å². The molecule has 16 heavy (non-hydrogen) atoms. The maximum absolute atomic E-state index is 11.2. The van der Waals surface area contributed by atoms with Crippen LogP contribution in [0.3, 0.4) is 0 Å². The van der Waals surface area contributed by atoms with Crippen LogP contribution >= 0.6 is 0 Å². The maximum atomic E-state index is 11.2. The minimum absolute atomic E-state index is 0.0437. The molecule has 0 spiro atoms. The van der Waals surface area contributed by atoms with E-state index in [1.54, 1.807) is 12.1 Å². The molecule has 1 aromatic carbocycles. The van der Waals surface area contributed by atoms with Gasteiger partial charge in [-0.2, -0.15) is 0 Å². The van der Waals surface area contributed by atoms with Gasteiger partial charge in [0.2, 0.25) is 0 Å². The Bertz CT molecular complexity index is 422. The number of benzene rings is 1. The molecule has 0 radical (unpaired) electrons. The highest BCUT2D eigenvalue weighted by atomic mass is 16.3. The summed E-state index contributed by atoms with van der Waals surface area (Å²) in [6.07, 6.45) is 3.89. The highest BCUT2D eigenvalue weighted by Gasteiger charge is 2.08. The Hall–Kier alpha value is -1.61. The first kappa shape index (κ1) is 12.5. The van der Waals surface area contributed by atoms with Crippen molar-refractivity contribution in [3.05, 3.63) is 34.9 Å². The van der Waals surface area contributed by atoms with E-state index in [0.29, 0.717) is 5.56 Å². The summed E-state index contributed by atoms with van der Waals surface area (Å²) in [7, 11) is 1.87. The lowest BCUT2D eigenvalue weighted by Gasteiger charge is -2.06. The Morgan fingerprint density at radius 2 is 2.19 bits per heavy atom. The summed E-state index contributed by atoms with van der Waals surface area (Å²) in [5.74, 6) is -0.0754. The van der Waals surface area contributed by atoms with Crippen molar-refractivity contribution in [3.63, 3.8) is 0 Å². The van der Waals surface area contributed by atoms with E-state index in [9.17, 15) is 9.90 Å². The van der Waals surface area contributed by atoms with Crippen LogP contribution in [0.1, 0.15) is 28.4 Å². The molecule has 0 fully saturated rings. The quantitative estimate of drug-likeness (QED) is 0.763. The van der Waals surface area contributed by atoms with Gasteiger partial charge in [-0.3, -0.25) is 4.79 Å². The van der Waals surface area contributed by atoms with E-state index in [1.165, 1.54) is 6.92 Å². The number of Topliss-reactive ketones (excluding diaryl/α,β-unsaturated/α-hetero) is 1. The van der Waals surface area contributed by atoms with Gasteiger partial charge in [-0.15, -0.1) is 0 Å². The number of phenolic OH excluding ortho intramolecular Hbond substituents is 1. The topological polar surface area (TPSA) is 49.3 Å². The van der Waals surface area contributed by atoms with Gasteiger partial charge in [-0.05, 0) is 44.2 Å². The van der Waals surface area contributed by atoms with Crippen LogP contribution in [0.15, 0.2) is 18.2 Å². The summed E-state index contributed by atoms with van der Waals surface area (Å²) in [5.41, 5.74) is 2.29. The third-order valence-corrected chi connectivity index (χ3v) is 2.38. The van der Waals surface area contributed by atoms with Crippen LogP contribution in [-0.2, 0) is 0 Å². The lowest BCUT2D eigenvalue weighted by Crippen LogP contribution is -2.03. The van der Waals surface area contributed by atoms with E-state index >= 15 is 0 Å². The zero-order valence-corrected chi connectivity index (χ0v) is 9.87. The maximum Gasteiger partial charge on any atom is 0.163 e. The number of nitrogens with one attached hydrogen (secondary N) is 1. The summed E-state index contributed by atoms with van der Waals surface area (Å²) >= 11 is 0. The predicted octanol–water partition coefficient (Wildman–Crippen LogP) is 2.14. The lowest BCUT2D eigenvalue weighted by atomic mass is 10.0. The molecule has 3 nitrogen and oxygen atoms in total. The zero-order valence-electron chi connectivity index (χ0n) is 9.87. The fourth-order valence-corrected chi connectivity index (χ4v) is 1.48. The highest BCUT2D eigenvalue weighted by Crippen LogP contribution is 2.23. The molecule has 0 atom stereocenters. The van der Waals surface area contributed by atoms with Gasteiger partial charge in [0.1, 0.15) is 5.75 Å².